The number of hydrogen-bond acceptors (Lipinski definition) is 5. The molecule has 0 aliphatic heterocycles. The Balaban J connectivity index is 2.53. The lowest BCUT2D eigenvalue weighted by Crippen LogP contribution is -2.35. The third-order valence-corrected chi connectivity index (χ3v) is 2.19. The molecule has 1 rings (SSSR count). The molecule has 0 aromatic carbocycles. The van der Waals surface area contributed by atoms with Crippen LogP contribution < -0.4 is 10.2 Å². The van der Waals surface area contributed by atoms with E-state index >= 15 is 0 Å². The number of rotatable bonds is 5. The Morgan fingerprint density at radius 2 is 1.94 bits per heavy atom. The van der Waals surface area contributed by atoms with Crippen molar-refractivity contribution in [1.29, 1.82) is 0 Å². The Bertz CT molecular complexity index is 341. The van der Waals surface area contributed by atoms with Gasteiger partial charge in [-0.3, -0.25) is 0 Å². The molecule has 0 amide bonds. The topological polar surface area (TPSA) is 54.2 Å². The summed E-state index contributed by atoms with van der Waals surface area (Å²) in [6, 6.07) is 0.587. The van der Waals surface area contributed by atoms with Gasteiger partial charge in [0, 0.05) is 19.1 Å². The molecule has 17 heavy (non-hydrogen) atoms. The van der Waals surface area contributed by atoms with Crippen LogP contribution in [0.5, 0.6) is 0 Å². The van der Waals surface area contributed by atoms with Crippen molar-refractivity contribution < 1.29 is 4.42 Å². The molecule has 0 spiro atoms. The minimum Gasteiger partial charge on any atom is -0.407 e. The molecular weight excluding hydrogens is 216 g/mol. The van der Waals surface area contributed by atoms with Crippen LogP contribution in [0.15, 0.2) is 4.42 Å². The number of aromatic nitrogens is 2. The molecule has 0 radical (unpaired) electrons. The SMILES string of the molecule is CC(C)CN(C)c1nnc(CNC(C)(C)C)o1. The second kappa shape index (κ2) is 5.49. The van der Waals surface area contributed by atoms with Crippen LogP contribution in [0.3, 0.4) is 0 Å². The summed E-state index contributed by atoms with van der Waals surface area (Å²) in [5.74, 6) is 1.20. The molecule has 0 bridgehead atoms. The molecule has 5 heteroatoms. The summed E-state index contributed by atoms with van der Waals surface area (Å²) in [6.07, 6.45) is 0. The van der Waals surface area contributed by atoms with E-state index in [9.17, 15) is 0 Å². The van der Waals surface area contributed by atoms with Crippen molar-refractivity contribution in [3.05, 3.63) is 5.89 Å². The fourth-order valence-corrected chi connectivity index (χ4v) is 1.44. The van der Waals surface area contributed by atoms with Crippen molar-refractivity contribution in [3.63, 3.8) is 0 Å². The molecule has 5 nitrogen and oxygen atoms in total. The Morgan fingerprint density at radius 1 is 1.29 bits per heavy atom. The fraction of sp³-hybridized carbons (Fsp3) is 0.833. The summed E-state index contributed by atoms with van der Waals surface area (Å²) in [5.41, 5.74) is 0.0540. The van der Waals surface area contributed by atoms with Gasteiger partial charge in [-0.15, -0.1) is 5.10 Å². The van der Waals surface area contributed by atoms with Gasteiger partial charge in [0.25, 0.3) is 0 Å². The first kappa shape index (κ1) is 14.0. The van der Waals surface area contributed by atoms with Crippen LogP contribution in [0.2, 0.25) is 0 Å². The maximum Gasteiger partial charge on any atom is 0.317 e. The summed E-state index contributed by atoms with van der Waals surface area (Å²) in [5, 5.41) is 11.4. The molecule has 1 N–H and O–H groups in total. The smallest absolute Gasteiger partial charge is 0.317 e. The first-order chi connectivity index (χ1) is 7.78. The van der Waals surface area contributed by atoms with E-state index in [0.29, 0.717) is 24.4 Å². The monoisotopic (exact) mass is 240 g/mol. The van der Waals surface area contributed by atoms with Crippen molar-refractivity contribution in [3.8, 4) is 0 Å². The molecular formula is C12H24N4O. The Hall–Kier alpha value is -1.10. The molecule has 1 aromatic heterocycles. The maximum atomic E-state index is 5.58. The van der Waals surface area contributed by atoms with Crippen LogP contribution >= 0.6 is 0 Å². The molecule has 0 atom stereocenters. The molecule has 1 aromatic rings. The molecule has 0 aliphatic carbocycles. The van der Waals surface area contributed by atoms with Crippen molar-refractivity contribution in [2.75, 3.05) is 18.5 Å². The third-order valence-electron chi connectivity index (χ3n) is 2.19. The van der Waals surface area contributed by atoms with E-state index in [0.717, 1.165) is 6.54 Å². The van der Waals surface area contributed by atoms with Gasteiger partial charge in [0.2, 0.25) is 5.89 Å². The number of nitrogens with one attached hydrogen (secondary N) is 1. The van der Waals surface area contributed by atoms with Crippen molar-refractivity contribution in [2.45, 2.75) is 46.7 Å². The lowest BCUT2D eigenvalue weighted by Gasteiger charge is -2.19. The summed E-state index contributed by atoms with van der Waals surface area (Å²) in [4.78, 5) is 1.98. The Morgan fingerprint density at radius 3 is 2.47 bits per heavy atom. The van der Waals surface area contributed by atoms with Gasteiger partial charge in [-0.2, -0.15) is 0 Å². The number of hydrogen-bond donors (Lipinski definition) is 1. The minimum absolute atomic E-state index is 0.0540. The van der Waals surface area contributed by atoms with Gasteiger partial charge in [0.05, 0.1) is 6.54 Å². The highest BCUT2D eigenvalue weighted by atomic mass is 16.4. The van der Waals surface area contributed by atoms with Gasteiger partial charge in [0.1, 0.15) is 0 Å². The summed E-state index contributed by atoms with van der Waals surface area (Å²) in [6.45, 7) is 12.2. The van der Waals surface area contributed by atoms with Gasteiger partial charge in [-0.05, 0) is 26.7 Å². The lowest BCUT2D eigenvalue weighted by molar-refractivity contribution is 0.380. The van der Waals surface area contributed by atoms with E-state index in [1.54, 1.807) is 0 Å². The second-order valence-electron chi connectivity index (χ2n) is 5.86. The van der Waals surface area contributed by atoms with Crippen LogP contribution in [-0.4, -0.2) is 29.3 Å². The Kier molecular flexibility index (Phi) is 4.51. The van der Waals surface area contributed by atoms with E-state index < -0.39 is 0 Å². The molecule has 98 valence electrons. The van der Waals surface area contributed by atoms with E-state index in [4.69, 9.17) is 4.42 Å². The van der Waals surface area contributed by atoms with E-state index in [-0.39, 0.29) is 5.54 Å². The Labute approximate surface area is 104 Å². The number of anilines is 1. The van der Waals surface area contributed by atoms with Gasteiger partial charge >= 0.3 is 6.01 Å². The summed E-state index contributed by atoms with van der Waals surface area (Å²) < 4.78 is 5.58. The van der Waals surface area contributed by atoms with Gasteiger partial charge < -0.3 is 14.6 Å². The highest BCUT2D eigenvalue weighted by molar-refractivity contribution is 5.21. The van der Waals surface area contributed by atoms with Crippen molar-refractivity contribution in [1.82, 2.24) is 15.5 Å². The highest BCUT2D eigenvalue weighted by Gasteiger charge is 2.14. The zero-order chi connectivity index (χ0) is 13.1. The molecule has 0 unspecified atom stereocenters. The molecule has 1 heterocycles. The molecule has 0 saturated carbocycles. The highest BCUT2D eigenvalue weighted by Crippen LogP contribution is 2.12. The van der Waals surface area contributed by atoms with E-state index in [2.05, 4.69) is 50.1 Å². The zero-order valence-corrected chi connectivity index (χ0v) is 11.7. The largest absolute Gasteiger partial charge is 0.407 e. The first-order valence-corrected chi connectivity index (χ1v) is 6.06. The van der Waals surface area contributed by atoms with Crippen LogP contribution in [0, 0.1) is 5.92 Å². The standard InChI is InChI=1S/C12H24N4O/c1-9(2)8-16(6)11-15-14-10(17-11)7-13-12(3,4)5/h9,13H,7-8H2,1-6H3. The predicted octanol–water partition coefficient (Wildman–Crippen LogP) is 2.05. The first-order valence-electron chi connectivity index (χ1n) is 6.06. The number of nitrogens with zero attached hydrogens (tertiary/aromatic N) is 3. The van der Waals surface area contributed by atoms with Crippen molar-refractivity contribution >= 4 is 6.01 Å². The molecule has 0 saturated heterocycles. The average Bonchev–Trinajstić information content (AvgIpc) is 2.60. The molecule has 0 aliphatic rings. The second-order valence-corrected chi connectivity index (χ2v) is 5.86. The minimum atomic E-state index is 0.0540. The van der Waals surface area contributed by atoms with Gasteiger partial charge in [-0.1, -0.05) is 18.9 Å². The fourth-order valence-electron chi connectivity index (χ4n) is 1.44. The van der Waals surface area contributed by atoms with E-state index in [1.165, 1.54) is 0 Å². The van der Waals surface area contributed by atoms with Crippen LogP contribution in [-0.2, 0) is 6.54 Å². The summed E-state index contributed by atoms with van der Waals surface area (Å²) >= 11 is 0. The third kappa shape index (κ3) is 5.17. The summed E-state index contributed by atoms with van der Waals surface area (Å²) in [7, 11) is 1.97. The van der Waals surface area contributed by atoms with Crippen molar-refractivity contribution in [2.24, 2.45) is 5.92 Å². The maximum absolute atomic E-state index is 5.58. The van der Waals surface area contributed by atoms with E-state index in [1.807, 2.05) is 11.9 Å². The zero-order valence-electron chi connectivity index (χ0n) is 11.7. The van der Waals surface area contributed by atoms with Gasteiger partial charge in [0.15, 0.2) is 0 Å². The quantitative estimate of drug-likeness (QED) is 0.853. The molecule has 0 fully saturated rings. The normalized spacial score (nSPS) is 12.2. The van der Waals surface area contributed by atoms with Crippen LogP contribution in [0.1, 0.15) is 40.5 Å². The van der Waals surface area contributed by atoms with Crippen LogP contribution in [0.4, 0.5) is 6.01 Å². The van der Waals surface area contributed by atoms with Gasteiger partial charge in [-0.25, -0.2) is 0 Å². The van der Waals surface area contributed by atoms with Crippen LogP contribution in [0.25, 0.3) is 0 Å². The average molecular weight is 240 g/mol. The predicted molar refractivity (Wildman–Crippen MR) is 69.0 cm³/mol. The lowest BCUT2D eigenvalue weighted by atomic mass is 10.1.